The molecule has 0 aromatic heterocycles. The Hall–Kier alpha value is -1.48. The zero-order valence-electron chi connectivity index (χ0n) is 11.8. The Morgan fingerprint density at radius 3 is 2.65 bits per heavy atom. The van der Waals surface area contributed by atoms with E-state index < -0.39 is 16.9 Å². The van der Waals surface area contributed by atoms with E-state index in [2.05, 4.69) is 0 Å². The van der Waals surface area contributed by atoms with Gasteiger partial charge in [-0.1, -0.05) is 30.3 Å². The van der Waals surface area contributed by atoms with Gasteiger partial charge in [-0.3, -0.25) is 9.59 Å². The minimum Gasteiger partial charge on any atom is -0.388 e. The lowest BCUT2D eigenvalue weighted by Crippen LogP contribution is -2.55. The number of carbonyl (C=O) groups is 2. The van der Waals surface area contributed by atoms with Gasteiger partial charge in [0.2, 0.25) is 0 Å². The summed E-state index contributed by atoms with van der Waals surface area (Å²) in [5.41, 5.74) is -1.26. The number of carbonyl (C=O) groups excluding carboxylic acids is 2. The Kier molecular flexibility index (Phi) is 3.05. The Morgan fingerprint density at radius 1 is 1.25 bits per heavy atom. The highest BCUT2D eigenvalue weighted by molar-refractivity contribution is 6.00. The van der Waals surface area contributed by atoms with Crippen molar-refractivity contribution in [2.75, 3.05) is 0 Å². The standard InChI is InChI=1S/C17H20O3/c1-16-11-9-13(15(19)12-6-3-2-4-7-12)17(16,20)10-5-8-14(16)18/h2-4,6-7,13,20H,5,8-11H2,1H3/t13-,16-,17+/m1/s1. The predicted molar refractivity (Wildman–Crippen MR) is 75.4 cm³/mol. The maximum Gasteiger partial charge on any atom is 0.168 e. The Balaban J connectivity index is 1.96. The smallest absolute Gasteiger partial charge is 0.168 e. The first-order chi connectivity index (χ1) is 9.49. The van der Waals surface area contributed by atoms with E-state index in [1.165, 1.54) is 0 Å². The largest absolute Gasteiger partial charge is 0.388 e. The number of rotatable bonds is 2. The van der Waals surface area contributed by atoms with Crippen LogP contribution in [0.5, 0.6) is 0 Å². The van der Waals surface area contributed by atoms with Gasteiger partial charge < -0.3 is 5.11 Å². The molecule has 2 saturated carbocycles. The fourth-order valence-corrected chi connectivity index (χ4v) is 4.05. The number of benzene rings is 1. The summed E-state index contributed by atoms with van der Waals surface area (Å²) in [7, 11) is 0. The van der Waals surface area contributed by atoms with Crippen molar-refractivity contribution in [1.29, 1.82) is 0 Å². The summed E-state index contributed by atoms with van der Waals surface area (Å²) in [6.07, 6.45) is 2.99. The van der Waals surface area contributed by atoms with Crippen LogP contribution in [0.3, 0.4) is 0 Å². The molecule has 1 N–H and O–H groups in total. The summed E-state index contributed by atoms with van der Waals surface area (Å²) in [6, 6.07) is 9.10. The Bertz CT molecular complexity index is 551. The van der Waals surface area contributed by atoms with Crippen molar-refractivity contribution < 1.29 is 14.7 Å². The molecule has 1 aromatic rings. The van der Waals surface area contributed by atoms with Crippen LogP contribution in [0.2, 0.25) is 0 Å². The van der Waals surface area contributed by atoms with E-state index in [0.29, 0.717) is 37.7 Å². The molecule has 0 heterocycles. The van der Waals surface area contributed by atoms with Crippen LogP contribution >= 0.6 is 0 Å². The highest BCUT2D eigenvalue weighted by atomic mass is 16.3. The van der Waals surface area contributed by atoms with Crippen LogP contribution in [0.25, 0.3) is 0 Å². The minimum absolute atomic E-state index is 0.0217. The van der Waals surface area contributed by atoms with Gasteiger partial charge in [0.25, 0.3) is 0 Å². The molecule has 0 amide bonds. The second-order valence-electron chi connectivity index (χ2n) is 6.35. The zero-order valence-corrected chi connectivity index (χ0v) is 11.8. The quantitative estimate of drug-likeness (QED) is 0.842. The molecule has 0 saturated heterocycles. The van der Waals surface area contributed by atoms with Gasteiger partial charge in [-0.05, 0) is 32.6 Å². The van der Waals surface area contributed by atoms with Gasteiger partial charge in [0.15, 0.2) is 5.78 Å². The van der Waals surface area contributed by atoms with Crippen LogP contribution in [0.15, 0.2) is 30.3 Å². The first kappa shape index (κ1) is 13.5. The molecule has 106 valence electrons. The van der Waals surface area contributed by atoms with Crippen molar-refractivity contribution in [3.63, 3.8) is 0 Å². The maximum absolute atomic E-state index is 12.7. The van der Waals surface area contributed by atoms with Gasteiger partial charge in [-0.15, -0.1) is 0 Å². The number of fused-ring (bicyclic) bond motifs is 1. The van der Waals surface area contributed by atoms with E-state index in [1.54, 1.807) is 12.1 Å². The summed E-state index contributed by atoms with van der Waals surface area (Å²) in [6.45, 7) is 1.84. The summed E-state index contributed by atoms with van der Waals surface area (Å²) >= 11 is 0. The van der Waals surface area contributed by atoms with Crippen molar-refractivity contribution in [3.05, 3.63) is 35.9 Å². The fourth-order valence-electron chi connectivity index (χ4n) is 4.05. The molecule has 0 bridgehead atoms. The molecule has 0 unspecified atom stereocenters. The zero-order chi connectivity index (χ0) is 14.4. The molecule has 3 heteroatoms. The van der Waals surface area contributed by atoms with E-state index in [9.17, 15) is 14.7 Å². The number of ketones is 2. The Morgan fingerprint density at radius 2 is 1.95 bits per heavy atom. The molecule has 3 rings (SSSR count). The van der Waals surface area contributed by atoms with E-state index in [-0.39, 0.29) is 11.6 Å². The second-order valence-corrected chi connectivity index (χ2v) is 6.35. The molecule has 20 heavy (non-hydrogen) atoms. The van der Waals surface area contributed by atoms with Crippen molar-refractivity contribution >= 4 is 11.6 Å². The van der Waals surface area contributed by atoms with Crippen molar-refractivity contribution in [2.24, 2.45) is 11.3 Å². The molecule has 3 nitrogen and oxygen atoms in total. The van der Waals surface area contributed by atoms with Gasteiger partial charge in [-0.2, -0.15) is 0 Å². The van der Waals surface area contributed by atoms with Gasteiger partial charge in [-0.25, -0.2) is 0 Å². The lowest BCUT2D eigenvalue weighted by molar-refractivity contribution is -0.152. The minimum atomic E-state index is -1.16. The summed E-state index contributed by atoms with van der Waals surface area (Å²) in [4.78, 5) is 24.9. The number of Topliss-reactive ketones (excluding diaryl/α,β-unsaturated/α-hetero) is 2. The fraction of sp³-hybridized carbons (Fsp3) is 0.529. The van der Waals surface area contributed by atoms with Crippen LogP contribution in [-0.2, 0) is 4.79 Å². The number of aliphatic hydroxyl groups is 1. The van der Waals surface area contributed by atoms with E-state index in [1.807, 2.05) is 25.1 Å². The molecule has 0 spiro atoms. The van der Waals surface area contributed by atoms with Crippen molar-refractivity contribution in [3.8, 4) is 0 Å². The molecule has 2 fully saturated rings. The van der Waals surface area contributed by atoms with Gasteiger partial charge in [0.1, 0.15) is 5.78 Å². The highest BCUT2D eigenvalue weighted by Gasteiger charge is 2.63. The normalized spacial score (nSPS) is 36.7. The SMILES string of the molecule is C[C@]12CC[C@H](C(=O)c3ccccc3)[C@@]1(O)CCCC2=O. The van der Waals surface area contributed by atoms with E-state index in [0.717, 1.165) is 0 Å². The molecular formula is C17H20O3. The van der Waals surface area contributed by atoms with Crippen LogP contribution in [0.4, 0.5) is 0 Å². The average molecular weight is 272 g/mol. The average Bonchev–Trinajstić information content (AvgIpc) is 2.73. The first-order valence-corrected chi connectivity index (χ1v) is 7.34. The third-order valence-electron chi connectivity index (χ3n) is 5.42. The molecule has 2 aliphatic rings. The first-order valence-electron chi connectivity index (χ1n) is 7.34. The molecule has 3 atom stereocenters. The molecule has 2 aliphatic carbocycles. The van der Waals surface area contributed by atoms with Crippen LogP contribution in [0, 0.1) is 11.3 Å². The van der Waals surface area contributed by atoms with Crippen molar-refractivity contribution in [1.82, 2.24) is 0 Å². The van der Waals surface area contributed by atoms with Gasteiger partial charge in [0, 0.05) is 12.0 Å². The lowest BCUT2D eigenvalue weighted by Gasteiger charge is -2.44. The van der Waals surface area contributed by atoms with Gasteiger partial charge in [0.05, 0.1) is 16.9 Å². The van der Waals surface area contributed by atoms with Crippen LogP contribution < -0.4 is 0 Å². The lowest BCUT2D eigenvalue weighted by atomic mass is 9.62. The maximum atomic E-state index is 12.7. The van der Waals surface area contributed by atoms with Crippen molar-refractivity contribution in [2.45, 2.75) is 44.6 Å². The van der Waals surface area contributed by atoms with E-state index >= 15 is 0 Å². The molecule has 1 aromatic carbocycles. The molecule has 0 aliphatic heterocycles. The summed E-state index contributed by atoms with van der Waals surface area (Å²) in [5, 5.41) is 11.1. The molecular weight excluding hydrogens is 252 g/mol. The Labute approximate surface area is 119 Å². The molecule has 0 radical (unpaired) electrons. The topological polar surface area (TPSA) is 54.4 Å². The monoisotopic (exact) mass is 272 g/mol. The highest BCUT2D eigenvalue weighted by Crippen LogP contribution is 2.56. The van der Waals surface area contributed by atoms with Gasteiger partial charge >= 0.3 is 0 Å². The van der Waals surface area contributed by atoms with Crippen LogP contribution in [-0.4, -0.2) is 22.3 Å². The predicted octanol–water partition coefficient (Wildman–Crippen LogP) is 2.77. The van der Waals surface area contributed by atoms with E-state index in [4.69, 9.17) is 0 Å². The second kappa shape index (κ2) is 4.52. The third kappa shape index (κ3) is 1.69. The summed E-state index contributed by atoms with van der Waals surface area (Å²) in [5.74, 6) is -0.347. The number of hydrogen-bond acceptors (Lipinski definition) is 3. The third-order valence-corrected chi connectivity index (χ3v) is 5.42. The van der Waals surface area contributed by atoms with Crippen LogP contribution in [0.1, 0.15) is 49.4 Å². The summed E-state index contributed by atoms with van der Waals surface area (Å²) < 4.78 is 0. The number of hydrogen-bond donors (Lipinski definition) is 1.